The van der Waals surface area contributed by atoms with Gasteiger partial charge in [0.05, 0.1) is 0 Å². The Kier molecular flexibility index (Phi) is 6.54. The molecular formula is C22H22N4O7S. The topological polar surface area (TPSA) is 194 Å². The maximum Gasteiger partial charge on any atom is 0.420 e. The molecule has 178 valence electrons. The summed E-state index contributed by atoms with van der Waals surface area (Å²) in [6.45, 7) is 0. The van der Waals surface area contributed by atoms with Crippen LogP contribution in [0.4, 0.5) is 0 Å². The number of aromatic nitrogens is 2. The van der Waals surface area contributed by atoms with Crippen molar-refractivity contribution in [3.05, 3.63) is 59.7 Å². The molecule has 4 rings (SSSR count). The van der Waals surface area contributed by atoms with Crippen molar-refractivity contribution < 1.29 is 32.4 Å². The van der Waals surface area contributed by atoms with Crippen molar-refractivity contribution in [2.24, 2.45) is 11.5 Å². The molecule has 8 N–H and O–H groups in total. The lowest BCUT2D eigenvalue weighted by Gasteiger charge is -2.10. The Bertz CT molecular complexity index is 1290. The van der Waals surface area contributed by atoms with Crippen molar-refractivity contribution in [1.29, 1.82) is 0 Å². The van der Waals surface area contributed by atoms with Gasteiger partial charge in [0.1, 0.15) is 12.1 Å². The lowest BCUT2D eigenvalue weighted by Crippen LogP contribution is -2.32. The standard InChI is InChI=1S/C22H22N4O7S/c23-15(21(27)28)9-13-11-5-1-3-7-17(11)25-19(13)32-34(31)33-20-14(10-16(24)22(29)30)12-6-2-4-8-18(12)26-20/h1-8,15-16,25-26H,9-10,23-24H2,(H,27,28)(H,29,30)/t15-,16-/m0/s1. The number of fused-ring (bicyclic) bond motifs is 2. The molecule has 2 aromatic heterocycles. The van der Waals surface area contributed by atoms with Crippen LogP contribution < -0.4 is 19.8 Å². The fourth-order valence-electron chi connectivity index (χ4n) is 3.67. The molecule has 0 aliphatic rings. The third-order valence-corrected chi connectivity index (χ3v) is 5.94. The van der Waals surface area contributed by atoms with Crippen LogP contribution in [0.3, 0.4) is 0 Å². The van der Waals surface area contributed by atoms with Gasteiger partial charge in [0.15, 0.2) is 0 Å². The second-order valence-electron chi connectivity index (χ2n) is 7.63. The number of hydrogen-bond donors (Lipinski definition) is 6. The van der Waals surface area contributed by atoms with E-state index in [1.54, 1.807) is 48.5 Å². The molecule has 0 fully saturated rings. The second-order valence-corrected chi connectivity index (χ2v) is 8.37. The maximum atomic E-state index is 12.8. The van der Waals surface area contributed by atoms with Crippen LogP contribution in [0.1, 0.15) is 11.1 Å². The van der Waals surface area contributed by atoms with E-state index in [1.165, 1.54) is 0 Å². The molecule has 0 radical (unpaired) electrons. The van der Waals surface area contributed by atoms with Crippen molar-refractivity contribution >= 4 is 45.1 Å². The number of nitrogens with one attached hydrogen (secondary N) is 2. The molecule has 0 aliphatic heterocycles. The maximum absolute atomic E-state index is 12.8. The van der Waals surface area contributed by atoms with E-state index in [1.807, 2.05) is 0 Å². The van der Waals surface area contributed by atoms with Gasteiger partial charge in [-0.3, -0.25) is 9.59 Å². The summed E-state index contributed by atoms with van der Waals surface area (Å²) in [5.74, 6) is -2.27. The highest BCUT2D eigenvalue weighted by Gasteiger charge is 2.24. The van der Waals surface area contributed by atoms with E-state index in [0.717, 1.165) is 0 Å². The van der Waals surface area contributed by atoms with Gasteiger partial charge in [-0.15, -0.1) is 0 Å². The van der Waals surface area contributed by atoms with Crippen LogP contribution in [0.15, 0.2) is 48.5 Å². The van der Waals surface area contributed by atoms with Crippen LogP contribution in [0, 0.1) is 0 Å². The highest BCUT2D eigenvalue weighted by Crippen LogP contribution is 2.32. The third kappa shape index (κ3) is 4.73. The smallest absolute Gasteiger partial charge is 0.420 e. The Morgan fingerprint density at radius 3 is 1.56 bits per heavy atom. The van der Waals surface area contributed by atoms with Gasteiger partial charge in [-0.25, -0.2) is 0 Å². The van der Waals surface area contributed by atoms with Crippen molar-refractivity contribution in [3.63, 3.8) is 0 Å². The first-order valence-electron chi connectivity index (χ1n) is 10.2. The number of para-hydroxylation sites is 2. The highest BCUT2D eigenvalue weighted by atomic mass is 32.2. The van der Waals surface area contributed by atoms with Gasteiger partial charge in [0, 0.05) is 45.8 Å². The lowest BCUT2D eigenvalue weighted by atomic mass is 10.1. The van der Waals surface area contributed by atoms with Crippen LogP contribution in [-0.2, 0) is 33.8 Å². The molecule has 4 aromatic rings. The number of carboxylic acids is 2. The molecule has 0 unspecified atom stereocenters. The van der Waals surface area contributed by atoms with E-state index < -0.39 is 35.4 Å². The quantitative estimate of drug-likeness (QED) is 0.193. The van der Waals surface area contributed by atoms with Gasteiger partial charge in [-0.05, 0) is 12.1 Å². The highest BCUT2D eigenvalue weighted by molar-refractivity contribution is 7.75. The number of carbonyl (C=O) groups is 2. The first-order valence-corrected chi connectivity index (χ1v) is 11.2. The summed E-state index contributed by atoms with van der Waals surface area (Å²) in [7, 11) is 0. The summed E-state index contributed by atoms with van der Waals surface area (Å²) >= 11 is -2.39. The van der Waals surface area contributed by atoms with Gasteiger partial charge in [-0.2, -0.15) is 4.21 Å². The van der Waals surface area contributed by atoms with Crippen LogP contribution in [-0.4, -0.2) is 48.4 Å². The zero-order valence-corrected chi connectivity index (χ0v) is 18.5. The number of carboxylic acid groups (broad SMARTS) is 2. The average molecular weight is 487 g/mol. The molecular weight excluding hydrogens is 464 g/mol. The fraction of sp³-hybridized carbons (Fsp3) is 0.182. The molecule has 0 amide bonds. The van der Waals surface area contributed by atoms with Gasteiger partial charge in [-0.1, -0.05) is 36.4 Å². The second kappa shape index (κ2) is 9.55. The Balaban J connectivity index is 1.63. The van der Waals surface area contributed by atoms with Crippen molar-refractivity contribution in [1.82, 2.24) is 9.97 Å². The minimum absolute atomic E-state index is 0.0520. The number of hydrogen-bond acceptors (Lipinski definition) is 7. The molecule has 2 atom stereocenters. The van der Waals surface area contributed by atoms with E-state index >= 15 is 0 Å². The van der Waals surface area contributed by atoms with Gasteiger partial charge in [0.2, 0.25) is 11.8 Å². The Hall–Kier alpha value is -3.87. The summed E-state index contributed by atoms with van der Waals surface area (Å²) in [5.41, 5.74) is 13.6. The SMILES string of the molecule is N[C@@H](Cc1c(OS(=O)Oc2[nH]c3ccccc3c2C[C@H](N)C(=O)O)[nH]c2ccccc12)C(=O)O. The number of nitrogens with two attached hydrogens (primary N) is 2. The Morgan fingerprint density at radius 2 is 1.18 bits per heavy atom. The zero-order valence-electron chi connectivity index (χ0n) is 17.7. The van der Waals surface area contributed by atoms with Crippen LogP contribution >= 0.6 is 0 Å². The molecule has 11 nitrogen and oxygen atoms in total. The summed E-state index contributed by atoms with van der Waals surface area (Å²) < 4.78 is 23.8. The number of rotatable bonds is 10. The molecule has 0 saturated heterocycles. The average Bonchev–Trinajstić information content (AvgIpc) is 3.31. The minimum Gasteiger partial charge on any atom is -0.480 e. The molecule has 0 aliphatic carbocycles. The van der Waals surface area contributed by atoms with Crippen LogP contribution in [0.5, 0.6) is 11.8 Å². The van der Waals surface area contributed by atoms with E-state index in [4.69, 9.17) is 19.8 Å². The number of H-pyrrole nitrogens is 2. The Labute approximate surface area is 195 Å². The monoisotopic (exact) mass is 486 g/mol. The molecule has 2 aromatic carbocycles. The third-order valence-electron chi connectivity index (χ3n) is 5.33. The molecule has 12 heteroatoms. The first-order chi connectivity index (χ1) is 16.2. The van der Waals surface area contributed by atoms with Crippen LogP contribution in [0.2, 0.25) is 0 Å². The van der Waals surface area contributed by atoms with E-state index in [0.29, 0.717) is 32.9 Å². The predicted octanol–water partition coefficient (Wildman–Crippen LogP) is 1.59. The number of benzene rings is 2. The first kappa shape index (κ1) is 23.3. The minimum atomic E-state index is -2.39. The van der Waals surface area contributed by atoms with Gasteiger partial charge >= 0.3 is 23.3 Å². The van der Waals surface area contributed by atoms with E-state index in [2.05, 4.69) is 9.97 Å². The molecule has 2 heterocycles. The fourth-order valence-corrected chi connectivity index (χ4v) is 4.26. The predicted molar refractivity (Wildman–Crippen MR) is 125 cm³/mol. The van der Waals surface area contributed by atoms with Crippen LogP contribution in [0.25, 0.3) is 21.8 Å². The Morgan fingerprint density at radius 1 is 0.794 bits per heavy atom. The van der Waals surface area contributed by atoms with Gasteiger partial charge in [0.25, 0.3) is 0 Å². The summed E-state index contributed by atoms with van der Waals surface area (Å²) in [6.07, 6.45) is -0.145. The lowest BCUT2D eigenvalue weighted by molar-refractivity contribution is -0.139. The van der Waals surface area contributed by atoms with Crippen molar-refractivity contribution in [2.75, 3.05) is 0 Å². The van der Waals surface area contributed by atoms with Crippen molar-refractivity contribution in [3.8, 4) is 11.8 Å². The normalized spacial score (nSPS) is 13.3. The largest absolute Gasteiger partial charge is 0.480 e. The summed E-state index contributed by atoms with van der Waals surface area (Å²) in [6, 6.07) is 11.7. The van der Waals surface area contributed by atoms with Gasteiger partial charge < -0.3 is 40.0 Å². The molecule has 0 saturated carbocycles. The number of aromatic amines is 2. The molecule has 0 spiro atoms. The summed E-state index contributed by atoms with van der Waals surface area (Å²) in [4.78, 5) is 28.5. The van der Waals surface area contributed by atoms with E-state index in [9.17, 15) is 24.0 Å². The molecule has 0 bridgehead atoms. The molecule has 34 heavy (non-hydrogen) atoms. The van der Waals surface area contributed by atoms with E-state index in [-0.39, 0.29) is 24.6 Å². The van der Waals surface area contributed by atoms with Crippen molar-refractivity contribution in [2.45, 2.75) is 24.9 Å². The zero-order chi connectivity index (χ0) is 24.4. The number of aliphatic carboxylic acids is 2. The summed E-state index contributed by atoms with van der Waals surface area (Å²) in [5, 5.41) is 19.8.